The minimum absolute atomic E-state index is 0.0654. The molecule has 0 heterocycles. The van der Waals surface area contributed by atoms with E-state index in [1.165, 1.54) is 5.56 Å². The van der Waals surface area contributed by atoms with Crippen molar-refractivity contribution in [1.29, 1.82) is 0 Å². The first-order valence-corrected chi connectivity index (χ1v) is 18.7. The van der Waals surface area contributed by atoms with Gasteiger partial charge in [0.05, 0.1) is 25.4 Å². The first-order valence-electron chi connectivity index (χ1n) is 11.8. The summed E-state index contributed by atoms with van der Waals surface area (Å²) in [5.74, 6) is 0. The molecule has 1 aromatic rings. The molecular weight excluding hydrogens is 496 g/mol. The maximum atomic E-state index is 6.96. The van der Waals surface area contributed by atoms with Crippen LogP contribution in [0.4, 0.5) is 0 Å². The maximum absolute atomic E-state index is 6.96. The van der Waals surface area contributed by atoms with Gasteiger partial charge in [-0.05, 0) is 48.2 Å². The summed E-state index contributed by atoms with van der Waals surface area (Å²) in [7, 11) is -3.91. The van der Waals surface area contributed by atoms with Gasteiger partial charge in [-0.3, -0.25) is 0 Å². The van der Waals surface area contributed by atoms with Crippen LogP contribution >= 0.6 is 15.9 Å². The van der Waals surface area contributed by atoms with Crippen LogP contribution in [-0.4, -0.2) is 40.8 Å². The Morgan fingerprint density at radius 2 is 1.41 bits per heavy atom. The molecule has 0 saturated heterocycles. The lowest BCUT2D eigenvalue weighted by Crippen LogP contribution is -2.51. The fourth-order valence-electron chi connectivity index (χ4n) is 2.68. The Morgan fingerprint density at radius 3 is 1.91 bits per heavy atom. The molecule has 0 bridgehead atoms. The Bertz CT molecular complexity index is 691. The molecule has 0 aliphatic heterocycles. The predicted molar refractivity (Wildman–Crippen MR) is 148 cm³/mol. The summed E-state index contributed by atoms with van der Waals surface area (Å²) in [4.78, 5) is 0. The van der Waals surface area contributed by atoms with Crippen molar-refractivity contribution in [3.05, 3.63) is 48.0 Å². The van der Waals surface area contributed by atoms with E-state index in [9.17, 15) is 0 Å². The fraction of sp³-hybridized carbons (Fsp3) is 0.692. The summed E-state index contributed by atoms with van der Waals surface area (Å²) >= 11 is 3.49. The zero-order valence-electron chi connectivity index (χ0n) is 22.1. The van der Waals surface area contributed by atoms with Gasteiger partial charge in [0, 0.05) is 5.33 Å². The molecule has 0 unspecified atom stereocenters. The smallest absolute Gasteiger partial charge is 0.192 e. The Labute approximate surface area is 208 Å². The van der Waals surface area contributed by atoms with Crippen LogP contribution < -0.4 is 0 Å². The normalized spacial score (nSPS) is 15.8. The van der Waals surface area contributed by atoms with E-state index in [0.717, 1.165) is 11.8 Å². The van der Waals surface area contributed by atoms with E-state index in [0.29, 0.717) is 13.2 Å². The van der Waals surface area contributed by atoms with Gasteiger partial charge >= 0.3 is 0 Å². The first kappa shape index (κ1) is 29.8. The molecule has 0 aromatic heterocycles. The second kappa shape index (κ2) is 12.5. The molecule has 184 valence electrons. The number of allylic oxidation sites excluding steroid dienone is 1. The Morgan fingerprint density at radius 1 is 0.844 bits per heavy atom. The van der Waals surface area contributed by atoms with Gasteiger partial charge in [0.2, 0.25) is 0 Å². The molecule has 0 fully saturated rings. The third kappa shape index (κ3) is 9.55. The average molecular weight is 544 g/mol. The van der Waals surface area contributed by atoms with Crippen LogP contribution in [0.15, 0.2) is 42.5 Å². The van der Waals surface area contributed by atoms with Crippen molar-refractivity contribution in [2.45, 2.75) is 103 Å². The zero-order valence-corrected chi connectivity index (χ0v) is 25.7. The largest absolute Gasteiger partial charge is 0.414 e. The highest BCUT2D eigenvalue weighted by molar-refractivity contribution is 9.09. The van der Waals surface area contributed by atoms with Gasteiger partial charge in [0.1, 0.15) is 0 Å². The molecule has 0 N–H and O–H groups in total. The van der Waals surface area contributed by atoms with Crippen LogP contribution in [-0.2, 0) is 20.2 Å². The van der Waals surface area contributed by atoms with Crippen LogP contribution in [0.25, 0.3) is 0 Å². The summed E-state index contributed by atoms with van der Waals surface area (Å²) in [6, 6.07) is 10.4. The molecule has 0 spiro atoms. The topological polar surface area (TPSA) is 27.7 Å². The Balaban J connectivity index is 3.16. The summed E-state index contributed by atoms with van der Waals surface area (Å²) in [6.07, 6.45) is 4.96. The van der Waals surface area contributed by atoms with Crippen molar-refractivity contribution in [2.24, 2.45) is 0 Å². The van der Waals surface area contributed by atoms with E-state index in [4.69, 9.17) is 13.6 Å². The van der Waals surface area contributed by atoms with Crippen molar-refractivity contribution in [2.75, 3.05) is 11.9 Å². The maximum Gasteiger partial charge on any atom is 0.192 e. The standard InChI is InChI=1S/C26H47BrO3Si2/c1-25(2,3)31(7,8)29-21-24(30-32(9,10)26(4,5)6)23(18-14-15-19-27)28-20-22-16-12-11-13-17-22/h11-17,23-24H,18-21H2,1-10H3/b15-14+/t23-,24+/m0/s1. The van der Waals surface area contributed by atoms with E-state index < -0.39 is 16.6 Å². The number of benzene rings is 1. The van der Waals surface area contributed by atoms with Crippen LogP contribution in [0, 0.1) is 0 Å². The van der Waals surface area contributed by atoms with Crippen LogP contribution in [0.1, 0.15) is 53.5 Å². The van der Waals surface area contributed by atoms with E-state index in [1.807, 2.05) is 6.07 Å². The molecule has 32 heavy (non-hydrogen) atoms. The summed E-state index contributed by atoms with van der Waals surface area (Å²) < 4.78 is 20.1. The molecule has 1 rings (SSSR count). The Kier molecular flexibility index (Phi) is 11.6. The number of alkyl halides is 1. The number of hydrogen-bond donors (Lipinski definition) is 0. The van der Waals surface area contributed by atoms with Crippen LogP contribution in [0.5, 0.6) is 0 Å². The van der Waals surface area contributed by atoms with Crippen LogP contribution in [0.2, 0.25) is 36.3 Å². The fourth-order valence-corrected chi connectivity index (χ4v) is 5.29. The second-order valence-electron chi connectivity index (χ2n) is 11.7. The molecule has 2 atom stereocenters. The lowest BCUT2D eigenvalue weighted by Gasteiger charge is -2.43. The van der Waals surface area contributed by atoms with Crippen molar-refractivity contribution in [3.8, 4) is 0 Å². The average Bonchev–Trinajstić information content (AvgIpc) is 2.67. The van der Waals surface area contributed by atoms with Crippen molar-refractivity contribution in [3.63, 3.8) is 0 Å². The van der Waals surface area contributed by atoms with Gasteiger partial charge in [0.25, 0.3) is 0 Å². The first-order chi connectivity index (χ1) is 14.6. The minimum Gasteiger partial charge on any atom is -0.414 e. The highest BCUT2D eigenvalue weighted by atomic mass is 79.9. The van der Waals surface area contributed by atoms with Gasteiger partial charge in [-0.1, -0.05) is 100.0 Å². The number of hydrogen-bond acceptors (Lipinski definition) is 3. The lowest BCUT2D eigenvalue weighted by atomic mass is 10.1. The van der Waals surface area contributed by atoms with Crippen LogP contribution in [0.3, 0.4) is 0 Å². The predicted octanol–water partition coefficient (Wildman–Crippen LogP) is 8.33. The zero-order chi connectivity index (χ0) is 24.6. The molecule has 0 saturated carbocycles. The number of ether oxygens (including phenoxy) is 1. The molecule has 0 radical (unpaired) electrons. The lowest BCUT2D eigenvalue weighted by molar-refractivity contribution is -0.0548. The summed E-state index contributed by atoms with van der Waals surface area (Å²) in [6.45, 7) is 24.1. The molecule has 0 aliphatic carbocycles. The number of rotatable bonds is 12. The van der Waals surface area contributed by atoms with E-state index >= 15 is 0 Å². The summed E-state index contributed by atoms with van der Waals surface area (Å²) in [5, 5.41) is 1.12. The molecule has 3 nitrogen and oxygen atoms in total. The minimum atomic E-state index is -2.01. The second-order valence-corrected chi connectivity index (χ2v) is 21.9. The van der Waals surface area contributed by atoms with Crippen molar-refractivity contribution >= 4 is 32.6 Å². The summed E-state index contributed by atoms with van der Waals surface area (Å²) in [5.41, 5.74) is 1.18. The molecule has 0 amide bonds. The Hall–Kier alpha value is -0.246. The van der Waals surface area contributed by atoms with Crippen molar-refractivity contribution < 1.29 is 13.6 Å². The van der Waals surface area contributed by atoms with Gasteiger partial charge in [-0.15, -0.1) is 0 Å². The molecular formula is C26H47BrO3Si2. The third-order valence-corrected chi connectivity index (χ3v) is 16.4. The quantitative estimate of drug-likeness (QED) is 0.151. The van der Waals surface area contributed by atoms with Gasteiger partial charge in [-0.25, -0.2) is 0 Å². The van der Waals surface area contributed by atoms with E-state index in [-0.39, 0.29) is 22.3 Å². The molecule has 6 heteroatoms. The van der Waals surface area contributed by atoms with E-state index in [1.54, 1.807) is 0 Å². The number of halogens is 1. The third-order valence-electron chi connectivity index (χ3n) is 7.01. The van der Waals surface area contributed by atoms with E-state index in [2.05, 4.69) is 120 Å². The van der Waals surface area contributed by atoms with Crippen molar-refractivity contribution in [1.82, 2.24) is 0 Å². The molecule has 0 aliphatic rings. The highest BCUT2D eigenvalue weighted by Gasteiger charge is 2.43. The highest BCUT2D eigenvalue weighted by Crippen LogP contribution is 2.40. The molecule has 1 aromatic carbocycles. The SMILES string of the molecule is CC(C)(C)[Si](C)(C)OC[C@@H](O[Si](C)(C)C(C)(C)C)[C@H](C/C=C/CBr)OCc1ccccc1. The van der Waals surface area contributed by atoms with Gasteiger partial charge < -0.3 is 13.6 Å². The van der Waals surface area contributed by atoms with Gasteiger partial charge in [0.15, 0.2) is 16.6 Å². The monoisotopic (exact) mass is 542 g/mol. The van der Waals surface area contributed by atoms with Gasteiger partial charge in [-0.2, -0.15) is 0 Å².